The highest BCUT2D eigenvalue weighted by atomic mass is 16.3. The van der Waals surface area contributed by atoms with Crippen LogP contribution >= 0.6 is 0 Å². The molecule has 74 valence electrons. The summed E-state index contributed by atoms with van der Waals surface area (Å²) in [6.45, 7) is 5.80. The van der Waals surface area contributed by atoms with Crippen LogP contribution in [0.3, 0.4) is 0 Å². The van der Waals surface area contributed by atoms with E-state index in [4.69, 9.17) is 10.2 Å². The van der Waals surface area contributed by atoms with Crippen molar-refractivity contribution in [3.05, 3.63) is 23.7 Å². The van der Waals surface area contributed by atoms with E-state index < -0.39 is 6.10 Å². The number of hydrogen-bond donors (Lipinski definition) is 2. The molecule has 0 aliphatic carbocycles. The van der Waals surface area contributed by atoms with Crippen LogP contribution in [0.1, 0.15) is 31.3 Å². The Morgan fingerprint density at radius 3 is 2.46 bits per heavy atom. The van der Waals surface area contributed by atoms with Crippen LogP contribution < -0.4 is 5.73 Å². The maximum atomic E-state index is 9.84. The average molecular weight is 183 g/mol. The smallest absolute Gasteiger partial charge is 0.106 e. The number of aryl methyl sites for hydroxylation is 1. The number of hydrogen-bond acceptors (Lipinski definition) is 3. The summed E-state index contributed by atoms with van der Waals surface area (Å²) in [5.41, 5.74) is 6.62. The molecule has 0 spiro atoms. The van der Waals surface area contributed by atoms with Gasteiger partial charge in [-0.2, -0.15) is 0 Å². The Morgan fingerprint density at radius 1 is 1.46 bits per heavy atom. The summed E-state index contributed by atoms with van der Waals surface area (Å²) >= 11 is 0. The molecule has 1 aromatic heterocycles. The summed E-state index contributed by atoms with van der Waals surface area (Å²) in [4.78, 5) is 0. The van der Waals surface area contributed by atoms with Crippen LogP contribution in [0.25, 0.3) is 0 Å². The largest absolute Gasteiger partial charge is 0.469 e. The zero-order valence-corrected chi connectivity index (χ0v) is 8.32. The summed E-state index contributed by atoms with van der Waals surface area (Å²) in [5.74, 6) is 0.993. The molecule has 1 aromatic rings. The molecule has 1 heterocycles. The van der Waals surface area contributed by atoms with E-state index in [-0.39, 0.29) is 12.0 Å². The second kappa shape index (κ2) is 3.94. The molecule has 0 radical (unpaired) electrons. The van der Waals surface area contributed by atoms with Crippen LogP contribution in [0.5, 0.6) is 0 Å². The second-order valence-corrected chi connectivity index (χ2v) is 3.70. The quantitative estimate of drug-likeness (QED) is 0.748. The Labute approximate surface area is 78.5 Å². The lowest BCUT2D eigenvalue weighted by atomic mass is 9.95. The molecular formula is C10H17NO2. The zero-order chi connectivity index (χ0) is 10.0. The molecule has 0 bridgehead atoms. The van der Waals surface area contributed by atoms with E-state index in [1.165, 1.54) is 0 Å². The standard InChI is InChI=1S/C10H17NO2/c1-6(2)9(11)10(12)8-4-5-13-7(8)3/h4-6,9-10,12H,11H2,1-3H3. The highest BCUT2D eigenvalue weighted by molar-refractivity contribution is 5.20. The van der Waals surface area contributed by atoms with Crippen molar-refractivity contribution >= 4 is 0 Å². The first-order valence-corrected chi connectivity index (χ1v) is 4.51. The molecule has 1 rings (SSSR count). The average Bonchev–Trinajstić information content (AvgIpc) is 2.48. The summed E-state index contributed by atoms with van der Waals surface area (Å²) in [6.07, 6.45) is 0.944. The van der Waals surface area contributed by atoms with Crippen LogP contribution in [0, 0.1) is 12.8 Å². The van der Waals surface area contributed by atoms with Gasteiger partial charge < -0.3 is 15.3 Å². The molecule has 2 unspecified atom stereocenters. The fraction of sp³-hybridized carbons (Fsp3) is 0.600. The van der Waals surface area contributed by atoms with Gasteiger partial charge in [-0.05, 0) is 18.9 Å². The van der Waals surface area contributed by atoms with Crippen molar-refractivity contribution < 1.29 is 9.52 Å². The molecule has 3 N–H and O–H groups in total. The third-order valence-corrected chi connectivity index (χ3v) is 2.35. The molecule has 0 saturated heterocycles. The first-order valence-electron chi connectivity index (χ1n) is 4.51. The highest BCUT2D eigenvalue weighted by Crippen LogP contribution is 2.23. The predicted molar refractivity (Wildman–Crippen MR) is 51.2 cm³/mol. The topological polar surface area (TPSA) is 59.4 Å². The minimum Gasteiger partial charge on any atom is -0.469 e. The zero-order valence-electron chi connectivity index (χ0n) is 8.32. The number of aliphatic hydroxyl groups excluding tert-OH is 1. The van der Waals surface area contributed by atoms with Crippen molar-refractivity contribution in [2.75, 3.05) is 0 Å². The summed E-state index contributed by atoms with van der Waals surface area (Å²) < 4.78 is 5.10. The van der Waals surface area contributed by atoms with Gasteiger partial charge >= 0.3 is 0 Å². The molecule has 0 aliphatic heterocycles. The Morgan fingerprint density at radius 2 is 2.08 bits per heavy atom. The first-order chi connectivity index (χ1) is 6.04. The minimum atomic E-state index is -0.626. The number of nitrogens with two attached hydrogens (primary N) is 1. The van der Waals surface area contributed by atoms with Crippen molar-refractivity contribution in [2.45, 2.75) is 32.9 Å². The Balaban J connectivity index is 2.79. The summed E-state index contributed by atoms with van der Waals surface area (Å²) in [7, 11) is 0. The van der Waals surface area contributed by atoms with Crippen LogP contribution in [0.15, 0.2) is 16.7 Å². The fourth-order valence-corrected chi connectivity index (χ4v) is 1.27. The predicted octanol–water partition coefficient (Wildman–Crippen LogP) is 1.60. The fourth-order valence-electron chi connectivity index (χ4n) is 1.27. The van der Waals surface area contributed by atoms with Crippen molar-refractivity contribution in [1.82, 2.24) is 0 Å². The Hall–Kier alpha value is -0.800. The van der Waals surface area contributed by atoms with E-state index in [1.807, 2.05) is 20.8 Å². The van der Waals surface area contributed by atoms with E-state index in [0.717, 1.165) is 11.3 Å². The van der Waals surface area contributed by atoms with Crippen molar-refractivity contribution in [2.24, 2.45) is 11.7 Å². The number of aliphatic hydroxyl groups is 1. The molecule has 3 nitrogen and oxygen atoms in total. The molecule has 0 aromatic carbocycles. The normalized spacial score (nSPS) is 16.2. The maximum Gasteiger partial charge on any atom is 0.106 e. The highest BCUT2D eigenvalue weighted by Gasteiger charge is 2.22. The lowest BCUT2D eigenvalue weighted by Crippen LogP contribution is -2.33. The molecule has 0 aliphatic rings. The van der Waals surface area contributed by atoms with Gasteiger partial charge in [0.2, 0.25) is 0 Å². The van der Waals surface area contributed by atoms with Crippen LogP contribution in [-0.2, 0) is 0 Å². The second-order valence-electron chi connectivity index (χ2n) is 3.70. The maximum absolute atomic E-state index is 9.84. The van der Waals surface area contributed by atoms with E-state index in [0.29, 0.717) is 0 Å². The molecule has 3 heteroatoms. The third-order valence-electron chi connectivity index (χ3n) is 2.35. The third kappa shape index (κ3) is 2.11. The van der Waals surface area contributed by atoms with Gasteiger partial charge in [0.15, 0.2) is 0 Å². The summed E-state index contributed by atoms with van der Waals surface area (Å²) in [5, 5.41) is 9.84. The molecule has 13 heavy (non-hydrogen) atoms. The van der Waals surface area contributed by atoms with Crippen LogP contribution in [0.4, 0.5) is 0 Å². The molecule has 0 amide bonds. The first kappa shape index (κ1) is 10.3. The minimum absolute atomic E-state index is 0.240. The monoisotopic (exact) mass is 183 g/mol. The van der Waals surface area contributed by atoms with Crippen molar-refractivity contribution in [1.29, 1.82) is 0 Å². The number of furan rings is 1. The van der Waals surface area contributed by atoms with Crippen LogP contribution in [0.2, 0.25) is 0 Å². The van der Waals surface area contributed by atoms with Crippen LogP contribution in [-0.4, -0.2) is 11.1 Å². The SMILES string of the molecule is Cc1occc1C(O)C(N)C(C)C. The van der Waals surface area contributed by atoms with Gasteiger partial charge in [0.05, 0.1) is 12.4 Å². The number of rotatable bonds is 3. The molecular weight excluding hydrogens is 166 g/mol. The molecule has 2 atom stereocenters. The lowest BCUT2D eigenvalue weighted by molar-refractivity contribution is 0.124. The van der Waals surface area contributed by atoms with E-state index in [9.17, 15) is 5.11 Å². The van der Waals surface area contributed by atoms with Gasteiger partial charge in [-0.1, -0.05) is 13.8 Å². The van der Waals surface area contributed by atoms with Gasteiger partial charge in [0.25, 0.3) is 0 Å². The lowest BCUT2D eigenvalue weighted by Gasteiger charge is -2.21. The van der Waals surface area contributed by atoms with Crippen molar-refractivity contribution in [3.63, 3.8) is 0 Å². The van der Waals surface area contributed by atoms with Gasteiger partial charge in [0.1, 0.15) is 5.76 Å². The van der Waals surface area contributed by atoms with Gasteiger partial charge in [0, 0.05) is 11.6 Å². The van der Waals surface area contributed by atoms with E-state index in [1.54, 1.807) is 12.3 Å². The van der Waals surface area contributed by atoms with Gasteiger partial charge in [-0.3, -0.25) is 0 Å². The molecule has 0 saturated carbocycles. The Kier molecular flexibility index (Phi) is 3.12. The Bertz CT molecular complexity index is 268. The van der Waals surface area contributed by atoms with E-state index in [2.05, 4.69) is 0 Å². The van der Waals surface area contributed by atoms with Gasteiger partial charge in [-0.25, -0.2) is 0 Å². The van der Waals surface area contributed by atoms with E-state index >= 15 is 0 Å². The molecule has 0 fully saturated rings. The summed E-state index contributed by atoms with van der Waals surface area (Å²) in [6, 6.07) is 1.53. The van der Waals surface area contributed by atoms with Crippen molar-refractivity contribution in [3.8, 4) is 0 Å². The van der Waals surface area contributed by atoms with Gasteiger partial charge in [-0.15, -0.1) is 0 Å².